The molecule has 2 aromatic carbocycles. The number of hydrogen-bond donors (Lipinski definition) is 1. The van der Waals surface area contributed by atoms with Crippen LogP contribution in [-0.2, 0) is 14.3 Å². The number of halogens is 2. The minimum Gasteiger partial charge on any atom is -0.452 e. The van der Waals surface area contributed by atoms with Crippen LogP contribution in [0.2, 0.25) is 5.02 Å². The predicted molar refractivity (Wildman–Crippen MR) is 98.3 cm³/mol. The fraction of sp³-hybridized carbons (Fsp3) is 0.211. The Hall–Kier alpha value is -2.93. The van der Waals surface area contributed by atoms with Gasteiger partial charge in [0.15, 0.2) is 6.61 Å². The molecule has 140 valence electrons. The summed E-state index contributed by atoms with van der Waals surface area (Å²) in [5, 5.41) is 2.62. The zero-order valence-corrected chi connectivity index (χ0v) is 15.3. The molecule has 0 saturated carbocycles. The first-order chi connectivity index (χ1) is 12.7. The molecule has 0 aliphatic carbocycles. The molecule has 0 fully saturated rings. The van der Waals surface area contributed by atoms with Crippen LogP contribution in [0.25, 0.3) is 0 Å². The van der Waals surface area contributed by atoms with E-state index in [-0.39, 0.29) is 10.9 Å². The third kappa shape index (κ3) is 3.38. The number of para-hydroxylation sites is 2. The van der Waals surface area contributed by atoms with Gasteiger partial charge in [0, 0.05) is 0 Å². The SMILES string of the molecule is CC1(C)C(=O)Nc2ccccc2N1C(=O)COC(=O)c1c(F)cccc1Cl. The summed E-state index contributed by atoms with van der Waals surface area (Å²) in [4.78, 5) is 38.5. The van der Waals surface area contributed by atoms with Gasteiger partial charge in [0.25, 0.3) is 5.91 Å². The number of nitrogens with zero attached hydrogens (tertiary/aromatic N) is 1. The molecule has 0 atom stereocenters. The Labute approximate surface area is 159 Å². The summed E-state index contributed by atoms with van der Waals surface area (Å²) in [6.45, 7) is 2.48. The first-order valence-electron chi connectivity index (χ1n) is 8.08. The molecule has 1 aliphatic rings. The molecule has 0 unspecified atom stereocenters. The third-order valence-electron chi connectivity index (χ3n) is 4.25. The van der Waals surface area contributed by atoms with Crippen LogP contribution in [0.15, 0.2) is 42.5 Å². The lowest BCUT2D eigenvalue weighted by molar-refractivity contribution is -0.128. The van der Waals surface area contributed by atoms with Crippen LogP contribution < -0.4 is 10.2 Å². The molecule has 0 aromatic heterocycles. The molecule has 2 amide bonds. The van der Waals surface area contributed by atoms with E-state index in [1.54, 1.807) is 38.1 Å². The summed E-state index contributed by atoms with van der Waals surface area (Å²) in [5.41, 5.74) is -0.693. The van der Waals surface area contributed by atoms with E-state index in [1.165, 1.54) is 17.0 Å². The van der Waals surface area contributed by atoms with Crippen LogP contribution in [0.3, 0.4) is 0 Å². The topological polar surface area (TPSA) is 75.7 Å². The normalized spacial score (nSPS) is 15.0. The zero-order chi connectivity index (χ0) is 19.8. The Morgan fingerprint density at radius 3 is 2.59 bits per heavy atom. The van der Waals surface area contributed by atoms with Crippen molar-refractivity contribution in [1.29, 1.82) is 0 Å². The van der Waals surface area contributed by atoms with E-state index in [9.17, 15) is 18.8 Å². The summed E-state index contributed by atoms with van der Waals surface area (Å²) in [6, 6.07) is 10.5. The fourth-order valence-corrected chi connectivity index (χ4v) is 3.10. The smallest absolute Gasteiger partial charge is 0.343 e. The third-order valence-corrected chi connectivity index (χ3v) is 4.57. The molecule has 3 rings (SSSR count). The second-order valence-corrected chi connectivity index (χ2v) is 6.84. The number of ether oxygens (including phenoxy) is 1. The van der Waals surface area contributed by atoms with Crippen LogP contribution in [-0.4, -0.2) is 29.9 Å². The molecule has 0 radical (unpaired) electrons. The minimum absolute atomic E-state index is 0.115. The average molecular weight is 391 g/mol. The molecule has 1 N–H and O–H groups in total. The molecule has 27 heavy (non-hydrogen) atoms. The van der Waals surface area contributed by atoms with E-state index < -0.39 is 35.4 Å². The second kappa shape index (κ2) is 7.00. The number of benzene rings is 2. The van der Waals surface area contributed by atoms with Crippen molar-refractivity contribution >= 4 is 40.8 Å². The number of fused-ring (bicyclic) bond motifs is 1. The van der Waals surface area contributed by atoms with Crippen LogP contribution in [0.1, 0.15) is 24.2 Å². The van der Waals surface area contributed by atoms with Crippen molar-refractivity contribution in [2.45, 2.75) is 19.4 Å². The van der Waals surface area contributed by atoms with E-state index >= 15 is 0 Å². The minimum atomic E-state index is -1.20. The molecule has 2 aromatic rings. The van der Waals surface area contributed by atoms with Gasteiger partial charge < -0.3 is 10.1 Å². The van der Waals surface area contributed by atoms with Crippen LogP contribution in [0, 0.1) is 5.82 Å². The van der Waals surface area contributed by atoms with E-state index in [0.29, 0.717) is 11.4 Å². The second-order valence-electron chi connectivity index (χ2n) is 6.43. The van der Waals surface area contributed by atoms with Gasteiger partial charge in [-0.25, -0.2) is 9.18 Å². The van der Waals surface area contributed by atoms with Gasteiger partial charge in [-0.05, 0) is 38.1 Å². The molecule has 0 saturated heterocycles. The maximum absolute atomic E-state index is 13.8. The number of nitrogens with one attached hydrogen (secondary N) is 1. The average Bonchev–Trinajstić information content (AvgIpc) is 2.60. The largest absolute Gasteiger partial charge is 0.452 e. The van der Waals surface area contributed by atoms with Gasteiger partial charge in [-0.15, -0.1) is 0 Å². The molecule has 0 spiro atoms. The maximum atomic E-state index is 13.8. The fourth-order valence-electron chi connectivity index (χ4n) is 2.86. The highest BCUT2D eigenvalue weighted by Crippen LogP contribution is 2.36. The van der Waals surface area contributed by atoms with Gasteiger partial charge in [0.05, 0.1) is 16.4 Å². The zero-order valence-electron chi connectivity index (χ0n) is 14.6. The lowest BCUT2D eigenvalue weighted by Crippen LogP contribution is -2.59. The summed E-state index contributed by atoms with van der Waals surface area (Å²) in [6.07, 6.45) is 0. The van der Waals surface area contributed by atoms with Gasteiger partial charge in [0.2, 0.25) is 5.91 Å². The Kier molecular flexibility index (Phi) is 4.89. The predicted octanol–water partition coefficient (Wildman–Crippen LogP) is 3.40. The number of amides is 2. The Bertz CT molecular complexity index is 925. The molecule has 6 nitrogen and oxygen atoms in total. The summed E-state index contributed by atoms with van der Waals surface area (Å²) >= 11 is 5.83. The molecular weight excluding hydrogens is 375 g/mol. The van der Waals surface area contributed by atoms with Gasteiger partial charge in [-0.1, -0.05) is 29.8 Å². The van der Waals surface area contributed by atoms with Crippen molar-refractivity contribution in [3.63, 3.8) is 0 Å². The van der Waals surface area contributed by atoms with Crippen molar-refractivity contribution in [3.8, 4) is 0 Å². The maximum Gasteiger partial charge on any atom is 0.343 e. The van der Waals surface area contributed by atoms with Crippen molar-refractivity contribution in [1.82, 2.24) is 0 Å². The van der Waals surface area contributed by atoms with Crippen molar-refractivity contribution in [2.75, 3.05) is 16.8 Å². The lowest BCUT2D eigenvalue weighted by atomic mass is 9.96. The van der Waals surface area contributed by atoms with Gasteiger partial charge in [-0.3, -0.25) is 14.5 Å². The van der Waals surface area contributed by atoms with Crippen molar-refractivity contribution < 1.29 is 23.5 Å². The standard InChI is InChI=1S/C19H16ClFN2O4/c1-19(2)18(26)22-13-8-3-4-9-14(13)23(19)15(24)10-27-17(25)16-11(20)6-5-7-12(16)21/h3-9H,10H2,1-2H3,(H,22,26). The summed E-state index contributed by atoms with van der Waals surface area (Å²) in [7, 11) is 0. The van der Waals surface area contributed by atoms with Crippen LogP contribution >= 0.6 is 11.6 Å². The first-order valence-corrected chi connectivity index (χ1v) is 8.46. The number of carbonyl (C=O) groups is 3. The molecule has 0 bridgehead atoms. The van der Waals surface area contributed by atoms with E-state index in [0.717, 1.165) is 6.07 Å². The number of rotatable bonds is 3. The monoisotopic (exact) mass is 390 g/mol. The lowest BCUT2D eigenvalue weighted by Gasteiger charge is -2.41. The number of esters is 1. The van der Waals surface area contributed by atoms with Crippen LogP contribution in [0.5, 0.6) is 0 Å². The Balaban J connectivity index is 1.83. The van der Waals surface area contributed by atoms with Gasteiger partial charge in [-0.2, -0.15) is 0 Å². The molecule has 8 heteroatoms. The van der Waals surface area contributed by atoms with Gasteiger partial charge >= 0.3 is 5.97 Å². The number of hydrogen-bond acceptors (Lipinski definition) is 4. The molecular formula is C19H16ClFN2O4. The highest BCUT2D eigenvalue weighted by atomic mass is 35.5. The van der Waals surface area contributed by atoms with E-state index in [1.807, 2.05) is 0 Å². The number of carbonyl (C=O) groups excluding carboxylic acids is 3. The van der Waals surface area contributed by atoms with Crippen molar-refractivity contribution in [2.24, 2.45) is 0 Å². The summed E-state index contributed by atoms with van der Waals surface area (Å²) in [5.74, 6) is -2.90. The molecule has 1 heterocycles. The van der Waals surface area contributed by atoms with Crippen LogP contribution in [0.4, 0.5) is 15.8 Å². The van der Waals surface area contributed by atoms with E-state index in [2.05, 4.69) is 5.32 Å². The quantitative estimate of drug-likeness (QED) is 0.815. The van der Waals surface area contributed by atoms with Crippen molar-refractivity contribution in [3.05, 3.63) is 58.9 Å². The Morgan fingerprint density at radius 2 is 1.89 bits per heavy atom. The number of anilines is 2. The Morgan fingerprint density at radius 1 is 1.19 bits per heavy atom. The van der Waals surface area contributed by atoms with E-state index in [4.69, 9.17) is 16.3 Å². The first kappa shape index (κ1) is 18.8. The van der Waals surface area contributed by atoms with Gasteiger partial charge in [0.1, 0.15) is 16.9 Å². The molecule has 1 aliphatic heterocycles. The highest BCUT2D eigenvalue weighted by Gasteiger charge is 2.43. The summed E-state index contributed by atoms with van der Waals surface area (Å²) < 4.78 is 18.8. The highest BCUT2D eigenvalue weighted by molar-refractivity contribution is 6.33.